The summed E-state index contributed by atoms with van der Waals surface area (Å²) in [6.45, 7) is 0. The van der Waals surface area contributed by atoms with Crippen molar-refractivity contribution in [1.29, 1.82) is 0 Å². The van der Waals surface area contributed by atoms with E-state index in [4.69, 9.17) is 4.74 Å². The van der Waals surface area contributed by atoms with Crippen molar-refractivity contribution in [2.75, 3.05) is 7.11 Å². The molecule has 0 saturated heterocycles. The van der Waals surface area contributed by atoms with E-state index in [1.54, 1.807) is 25.6 Å². The van der Waals surface area contributed by atoms with Crippen LogP contribution in [0.5, 0.6) is 5.75 Å². The number of pyridine rings is 1. The predicted molar refractivity (Wildman–Crippen MR) is 78.8 cm³/mol. The van der Waals surface area contributed by atoms with E-state index in [0.717, 1.165) is 21.9 Å². The first-order valence-electron chi connectivity index (χ1n) is 6.45. The van der Waals surface area contributed by atoms with Gasteiger partial charge in [-0.15, -0.1) is 0 Å². The van der Waals surface area contributed by atoms with Gasteiger partial charge >= 0.3 is 0 Å². The number of aliphatic hydroxyl groups is 1. The Morgan fingerprint density at radius 2 is 1.80 bits per heavy atom. The lowest BCUT2D eigenvalue weighted by molar-refractivity contribution is 0.216. The number of hydrogen-bond donors (Lipinski definition) is 1. The molecule has 0 aliphatic carbocycles. The Morgan fingerprint density at radius 3 is 2.65 bits per heavy atom. The van der Waals surface area contributed by atoms with Crippen molar-refractivity contribution in [2.45, 2.75) is 6.10 Å². The fraction of sp³-hybridized carbons (Fsp3) is 0.118. The highest BCUT2D eigenvalue weighted by atomic mass is 16.5. The summed E-state index contributed by atoms with van der Waals surface area (Å²) in [6.07, 6.45) is 2.54. The number of nitrogens with zero attached hydrogens (tertiary/aromatic N) is 1. The largest absolute Gasteiger partial charge is 0.495 e. The highest BCUT2D eigenvalue weighted by molar-refractivity contribution is 5.86. The molecule has 1 unspecified atom stereocenters. The monoisotopic (exact) mass is 265 g/mol. The van der Waals surface area contributed by atoms with Gasteiger partial charge in [0.15, 0.2) is 0 Å². The number of aromatic nitrogens is 1. The van der Waals surface area contributed by atoms with Gasteiger partial charge in [0.1, 0.15) is 11.9 Å². The number of fused-ring (bicyclic) bond motifs is 1. The van der Waals surface area contributed by atoms with Crippen molar-refractivity contribution in [3.63, 3.8) is 0 Å². The Morgan fingerprint density at radius 1 is 1.00 bits per heavy atom. The van der Waals surface area contributed by atoms with Crippen LogP contribution in [0.4, 0.5) is 0 Å². The molecule has 2 aromatic carbocycles. The molecule has 1 heterocycles. The quantitative estimate of drug-likeness (QED) is 0.790. The first-order chi connectivity index (χ1) is 9.81. The Balaban J connectivity index is 2.15. The normalized spacial score (nSPS) is 12.3. The van der Waals surface area contributed by atoms with E-state index >= 15 is 0 Å². The van der Waals surface area contributed by atoms with Gasteiger partial charge in [0, 0.05) is 11.8 Å². The molecule has 0 aliphatic heterocycles. The fourth-order valence-electron chi connectivity index (χ4n) is 2.44. The maximum Gasteiger partial charge on any atom is 0.143 e. The minimum atomic E-state index is -0.737. The first-order valence-corrected chi connectivity index (χ1v) is 6.45. The number of benzene rings is 2. The lowest BCUT2D eigenvalue weighted by atomic mass is 9.96. The second kappa shape index (κ2) is 5.31. The number of ether oxygens (including phenoxy) is 1. The molecule has 0 amide bonds. The van der Waals surface area contributed by atoms with E-state index in [0.29, 0.717) is 5.75 Å². The van der Waals surface area contributed by atoms with E-state index in [9.17, 15) is 5.11 Å². The molecule has 100 valence electrons. The van der Waals surface area contributed by atoms with Crippen LogP contribution in [0.3, 0.4) is 0 Å². The van der Waals surface area contributed by atoms with Crippen molar-refractivity contribution < 1.29 is 9.84 Å². The van der Waals surface area contributed by atoms with Gasteiger partial charge in [0.2, 0.25) is 0 Å². The van der Waals surface area contributed by atoms with Crippen LogP contribution in [0.1, 0.15) is 17.2 Å². The van der Waals surface area contributed by atoms with E-state index in [1.807, 2.05) is 42.5 Å². The Bertz CT molecular complexity index is 734. The summed E-state index contributed by atoms with van der Waals surface area (Å²) in [6, 6.07) is 15.7. The summed E-state index contributed by atoms with van der Waals surface area (Å²) in [5.74, 6) is 0.591. The summed E-state index contributed by atoms with van der Waals surface area (Å²) in [5, 5.41) is 12.8. The highest BCUT2D eigenvalue weighted by Crippen LogP contribution is 2.32. The van der Waals surface area contributed by atoms with Gasteiger partial charge in [0.05, 0.1) is 13.3 Å². The van der Waals surface area contributed by atoms with Crippen LogP contribution < -0.4 is 4.74 Å². The summed E-state index contributed by atoms with van der Waals surface area (Å²) < 4.78 is 5.28. The third-order valence-corrected chi connectivity index (χ3v) is 3.45. The molecule has 3 heteroatoms. The second-order valence-electron chi connectivity index (χ2n) is 4.59. The van der Waals surface area contributed by atoms with Crippen molar-refractivity contribution in [2.24, 2.45) is 0 Å². The van der Waals surface area contributed by atoms with Gasteiger partial charge in [-0.3, -0.25) is 4.98 Å². The number of methoxy groups -OCH3 is 1. The van der Waals surface area contributed by atoms with Crippen molar-refractivity contribution >= 4 is 10.8 Å². The van der Waals surface area contributed by atoms with Gasteiger partial charge in [-0.05, 0) is 22.4 Å². The SMILES string of the molecule is COc1cnccc1C(O)c1cccc2ccccc12. The smallest absolute Gasteiger partial charge is 0.143 e. The molecule has 0 fully saturated rings. The van der Waals surface area contributed by atoms with Gasteiger partial charge < -0.3 is 9.84 Å². The number of aliphatic hydroxyl groups excluding tert-OH is 1. The van der Waals surface area contributed by atoms with E-state index in [2.05, 4.69) is 4.98 Å². The molecule has 0 bridgehead atoms. The molecule has 0 spiro atoms. The topological polar surface area (TPSA) is 42.4 Å². The van der Waals surface area contributed by atoms with Gasteiger partial charge in [-0.25, -0.2) is 0 Å². The van der Waals surface area contributed by atoms with E-state index in [-0.39, 0.29) is 0 Å². The third kappa shape index (κ3) is 2.12. The molecule has 0 aliphatic rings. The molecule has 1 N–H and O–H groups in total. The summed E-state index contributed by atoms with van der Waals surface area (Å²) in [4.78, 5) is 4.02. The average molecular weight is 265 g/mol. The first kappa shape index (κ1) is 12.6. The predicted octanol–water partition coefficient (Wildman–Crippen LogP) is 3.33. The van der Waals surface area contributed by atoms with E-state index in [1.165, 1.54) is 0 Å². The lowest BCUT2D eigenvalue weighted by Gasteiger charge is -2.16. The molecule has 3 rings (SSSR count). The molecular formula is C17H15NO2. The van der Waals surface area contributed by atoms with Crippen LogP contribution >= 0.6 is 0 Å². The molecule has 0 saturated carbocycles. The standard InChI is InChI=1S/C17H15NO2/c1-20-16-11-18-10-9-15(16)17(19)14-8-4-6-12-5-2-3-7-13(12)14/h2-11,17,19H,1H3. The van der Waals surface area contributed by atoms with Crippen LogP contribution in [0.2, 0.25) is 0 Å². The Labute approximate surface area is 117 Å². The number of hydrogen-bond acceptors (Lipinski definition) is 3. The minimum absolute atomic E-state index is 0.591. The maximum absolute atomic E-state index is 10.7. The summed E-state index contributed by atoms with van der Waals surface area (Å²) >= 11 is 0. The Kier molecular flexibility index (Phi) is 3.35. The van der Waals surface area contributed by atoms with Crippen LogP contribution in [-0.2, 0) is 0 Å². The zero-order valence-electron chi connectivity index (χ0n) is 11.2. The summed E-state index contributed by atoms with van der Waals surface area (Å²) in [7, 11) is 1.58. The lowest BCUT2D eigenvalue weighted by Crippen LogP contribution is -2.03. The third-order valence-electron chi connectivity index (χ3n) is 3.45. The summed E-state index contributed by atoms with van der Waals surface area (Å²) in [5.41, 5.74) is 1.59. The Hall–Kier alpha value is -2.39. The van der Waals surface area contributed by atoms with Gasteiger partial charge in [0.25, 0.3) is 0 Å². The molecule has 1 atom stereocenters. The second-order valence-corrected chi connectivity index (χ2v) is 4.59. The molecule has 1 aromatic heterocycles. The van der Waals surface area contributed by atoms with E-state index < -0.39 is 6.10 Å². The van der Waals surface area contributed by atoms with Crippen LogP contribution in [0, 0.1) is 0 Å². The van der Waals surface area contributed by atoms with Crippen LogP contribution in [0.15, 0.2) is 60.9 Å². The molecule has 20 heavy (non-hydrogen) atoms. The highest BCUT2D eigenvalue weighted by Gasteiger charge is 2.17. The van der Waals surface area contributed by atoms with Crippen LogP contribution in [0.25, 0.3) is 10.8 Å². The minimum Gasteiger partial charge on any atom is -0.495 e. The van der Waals surface area contributed by atoms with Gasteiger partial charge in [-0.2, -0.15) is 0 Å². The molecule has 3 nitrogen and oxygen atoms in total. The zero-order chi connectivity index (χ0) is 13.9. The van der Waals surface area contributed by atoms with Crippen LogP contribution in [-0.4, -0.2) is 17.2 Å². The number of rotatable bonds is 3. The van der Waals surface area contributed by atoms with Crippen molar-refractivity contribution in [3.8, 4) is 5.75 Å². The molecule has 3 aromatic rings. The van der Waals surface area contributed by atoms with Crippen molar-refractivity contribution in [1.82, 2.24) is 4.98 Å². The molecular weight excluding hydrogens is 250 g/mol. The van der Waals surface area contributed by atoms with Crippen molar-refractivity contribution in [3.05, 3.63) is 72.1 Å². The average Bonchev–Trinajstić information content (AvgIpc) is 2.53. The maximum atomic E-state index is 10.7. The van der Waals surface area contributed by atoms with Gasteiger partial charge in [-0.1, -0.05) is 42.5 Å². The fourth-order valence-corrected chi connectivity index (χ4v) is 2.44. The zero-order valence-corrected chi connectivity index (χ0v) is 11.2. The molecule has 0 radical (unpaired) electrons.